The fraction of sp³-hybridized carbons (Fsp3) is 0.265. The van der Waals surface area contributed by atoms with Crippen LogP contribution in [-0.2, 0) is 11.8 Å². The van der Waals surface area contributed by atoms with E-state index in [1.54, 1.807) is 0 Å². The SMILES string of the molecule is Cc1c(CC(C)C)sc2cc(-c3cc4ccnc(-c5cc(C(C)(C)C)c6ccccc6c5)c4s3)ccc12. The van der Waals surface area contributed by atoms with Crippen molar-refractivity contribution >= 4 is 53.6 Å². The van der Waals surface area contributed by atoms with E-state index in [1.165, 1.54) is 63.0 Å². The topological polar surface area (TPSA) is 12.9 Å². The van der Waals surface area contributed by atoms with E-state index >= 15 is 0 Å². The highest BCUT2D eigenvalue weighted by molar-refractivity contribution is 7.23. The minimum atomic E-state index is 0.0484. The van der Waals surface area contributed by atoms with Crippen LogP contribution in [0.25, 0.3) is 52.6 Å². The van der Waals surface area contributed by atoms with E-state index in [4.69, 9.17) is 4.98 Å². The normalized spacial score (nSPS) is 12.4. The standard InChI is InChI=1S/C34H33NS2/c1-20(2)15-29-21(3)26-12-11-23(18-31(26)36-29)30-19-24-13-14-35-32(33(24)37-30)25-16-22-9-7-8-10-27(22)28(17-25)34(4,5)6/h7-14,16-20H,15H2,1-6H3. The number of hydrogen-bond acceptors (Lipinski definition) is 3. The van der Waals surface area contributed by atoms with Crippen molar-refractivity contribution in [3.63, 3.8) is 0 Å². The highest BCUT2D eigenvalue weighted by Gasteiger charge is 2.20. The Morgan fingerprint density at radius 3 is 2.41 bits per heavy atom. The molecule has 0 saturated carbocycles. The molecule has 6 aromatic rings. The Kier molecular flexibility index (Phi) is 5.97. The Morgan fingerprint density at radius 2 is 1.62 bits per heavy atom. The Labute approximate surface area is 227 Å². The third kappa shape index (κ3) is 4.39. The van der Waals surface area contributed by atoms with Gasteiger partial charge in [-0.05, 0) is 93.2 Å². The highest BCUT2D eigenvalue weighted by atomic mass is 32.1. The summed E-state index contributed by atoms with van der Waals surface area (Å²) in [5, 5.41) is 5.27. The number of fused-ring (bicyclic) bond motifs is 3. The summed E-state index contributed by atoms with van der Waals surface area (Å²) in [6.07, 6.45) is 3.12. The van der Waals surface area contributed by atoms with E-state index in [2.05, 4.69) is 108 Å². The molecular weight excluding hydrogens is 487 g/mol. The average molecular weight is 520 g/mol. The van der Waals surface area contributed by atoms with Gasteiger partial charge >= 0.3 is 0 Å². The minimum absolute atomic E-state index is 0.0484. The third-order valence-corrected chi connectivity index (χ3v) is 9.78. The lowest BCUT2D eigenvalue weighted by atomic mass is 9.82. The molecule has 0 radical (unpaired) electrons. The maximum Gasteiger partial charge on any atom is 0.0880 e. The van der Waals surface area contributed by atoms with Crippen molar-refractivity contribution in [2.24, 2.45) is 5.92 Å². The summed E-state index contributed by atoms with van der Waals surface area (Å²) in [6, 6.07) is 24.9. The van der Waals surface area contributed by atoms with Crippen LogP contribution >= 0.6 is 22.7 Å². The lowest BCUT2D eigenvalue weighted by molar-refractivity contribution is 0.596. The van der Waals surface area contributed by atoms with Gasteiger partial charge in [0.1, 0.15) is 0 Å². The second kappa shape index (κ2) is 9.08. The van der Waals surface area contributed by atoms with Crippen LogP contribution in [0.15, 0.2) is 72.9 Å². The Morgan fingerprint density at radius 1 is 0.811 bits per heavy atom. The lowest BCUT2D eigenvalue weighted by Gasteiger charge is -2.22. The molecule has 0 fully saturated rings. The van der Waals surface area contributed by atoms with E-state index in [-0.39, 0.29) is 5.41 Å². The van der Waals surface area contributed by atoms with E-state index in [0.29, 0.717) is 5.92 Å². The van der Waals surface area contributed by atoms with E-state index in [9.17, 15) is 0 Å². The van der Waals surface area contributed by atoms with Crippen LogP contribution in [0.2, 0.25) is 0 Å². The number of thiophene rings is 2. The van der Waals surface area contributed by atoms with Gasteiger partial charge in [-0.25, -0.2) is 0 Å². The Hall–Kier alpha value is -3.01. The van der Waals surface area contributed by atoms with Gasteiger partial charge in [-0.2, -0.15) is 0 Å². The summed E-state index contributed by atoms with van der Waals surface area (Å²) >= 11 is 3.83. The number of aryl methyl sites for hydroxylation is 1. The second-order valence-corrected chi connectivity index (χ2v) is 13.8. The first-order chi connectivity index (χ1) is 17.7. The van der Waals surface area contributed by atoms with Gasteiger partial charge in [0.25, 0.3) is 0 Å². The Bertz CT molecular complexity index is 1780. The number of rotatable bonds is 4. The molecule has 0 saturated heterocycles. The molecule has 0 aliphatic rings. The molecule has 0 bridgehead atoms. The third-order valence-electron chi connectivity index (χ3n) is 7.29. The fourth-order valence-electron chi connectivity index (χ4n) is 5.38. The molecule has 3 heteroatoms. The van der Waals surface area contributed by atoms with E-state index in [1.807, 2.05) is 28.9 Å². The second-order valence-electron chi connectivity index (χ2n) is 11.6. The summed E-state index contributed by atoms with van der Waals surface area (Å²) in [6.45, 7) is 13.8. The van der Waals surface area contributed by atoms with Gasteiger partial charge in [0.2, 0.25) is 0 Å². The average Bonchev–Trinajstić information content (AvgIpc) is 3.43. The van der Waals surface area contributed by atoms with Gasteiger partial charge in [0.15, 0.2) is 0 Å². The highest BCUT2D eigenvalue weighted by Crippen LogP contribution is 2.42. The van der Waals surface area contributed by atoms with Crippen LogP contribution in [0, 0.1) is 12.8 Å². The van der Waals surface area contributed by atoms with E-state index in [0.717, 1.165) is 12.1 Å². The largest absolute Gasteiger partial charge is 0.255 e. The number of benzene rings is 3. The molecule has 0 N–H and O–H groups in total. The van der Waals surface area contributed by atoms with Crippen LogP contribution in [0.5, 0.6) is 0 Å². The first kappa shape index (κ1) is 24.3. The zero-order valence-corrected chi connectivity index (χ0v) is 24.1. The molecule has 0 spiro atoms. The molecule has 186 valence electrons. The number of aromatic nitrogens is 1. The molecule has 37 heavy (non-hydrogen) atoms. The van der Waals surface area contributed by atoms with Crippen molar-refractivity contribution in [1.29, 1.82) is 0 Å². The first-order valence-corrected chi connectivity index (χ1v) is 14.8. The summed E-state index contributed by atoms with van der Waals surface area (Å²) < 4.78 is 2.65. The molecule has 0 amide bonds. The summed E-state index contributed by atoms with van der Waals surface area (Å²) in [4.78, 5) is 7.75. The fourth-order valence-corrected chi connectivity index (χ4v) is 8.00. The predicted molar refractivity (Wildman–Crippen MR) is 165 cm³/mol. The van der Waals surface area contributed by atoms with Crippen LogP contribution in [-0.4, -0.2) is 4.98 Å². The molecular formula is C34H33NS2. The van der Waals surface area contributed by atoms with E-state index < -0.39 is 0 Å². The van der Waals surface area contributed by atoms with Crippen molar-refractivity contribution in [2.45, 2.75) is 53.4 Å². The van der Waals surface area contributed by atoms with Crippen LogP contribution in [0.3, 0.4) is 0 Å². The molecule has 0 aliphatic heterocycles. The minimum Gasteiger partial charge on any atom is -0.255 e. The van der Waals surface area contributed by atoms with Crippen molar-refractivity contribution in [3.05, 3.63) is 88.9 Å². The van der Waals surface area contributed by atoms with Gasteiger partial charge in [0.05, 0.1) is 10.4 Å². The number of hydrogen-bond donors (Lipinski definition) is 0. The molecule has 3 aromatic heterocycles. The van der Waals surface area contributed by atoms with Crippen molar-refractivity contribution in [3.8, 4) is 21.7 Å². The summed E-state index contributed by atoms with van der Waals surface area (Å²) in [5.74, 6) is 0.675. The van der Waals surface area contributed by atoms with Crippen molar-refractivity contribution in [2.75, 3.05) is 0 Å². The molecule has 0 aliphatic carbocycles. The van der Waals surface area contributed by atoms with Gasteiger partial charge in [-0.1, -0.05) is 71.0 Å². The molecule has 3 heterocycles. The lowest BCUT2D eigenvalue weighted by Crippen LogP contribution is -2.12. The molecule has 1 nitrogen and oxygen atoms in total. The Balaban J connectivity index is 1.49. The maximum atomic E-state index is 4.92. The number of pyridine rings is 1. The monoisotopic (exact) mass is 519 g/mol. The molecule has 3 aromatic carbocycles. The van der Waals surface area contributed by atoms with Crippen LogP contribution in [0.4, 0.5) is 0 Å². The molecule has 6 rings (SSSR count). The quantitative estimate of drug-likeness (QED) is 0.226. The summed E-state index contributed by atoms with van der Waals surface area (Å²) in [7, 11) is 0. The molecule has 0 unspecified atom stereocenters. The molecule has 0 atom stereocenters. The van der Waals surface area contributed by atoms with Crippen molar-refractivity contribution < 1.29 is 0 Å². The number of nitrogens with zero attached hydrogens (tertiary/aromatic N) is 1. The van der Waals surface area contributed by atoms with Gasteiger partial charge < -0.3 is 0 Å². The predicted octanol–water partition coefficient (Wildman–Crippen LogP) is 10.8. The van der Waals surface area contributed by atoms with Crippen molar-refractivity contribution in [1.82, 2.24) is 4.98 Å². The van der Waals surface area contributed by atoms with Gasteiger partial charge in [-0.3, -0.25) is 4.98 Å². The van der Waals surface area contributed by atoms with Crippen LogP contribution < -0.4 is 0 Å². The maximum absolute atomic E-state index is 4.92. The zero-order chi connectivity index (χ0) is 25.9. The smallest absolute Gasteiger partial charge is 0.0880 e. The zero-order valence-electron chi connectivity index (χ0n) is 22.5. The van der Waals surface area contributed by atoms with Gasteiger partial charge in [-0.15, -0.1) is 22.7 Å². The van der Waals surface area contributed by atoms with Crippen LogP contribution in [0.1, 0.15) is 50.6 Å². The first-order valence-electron chi connectivity index (χ1n) is 13.1. The summed E-state index contributed by atoms with van der Waals surface area (Å²) in [5.41, 5.74) is 6.45. The van der Waals surface area contributed by atoms with Gasteiger partial charge in [0, 0.05) is 26.2 Å².